The Kier molecular flexibility index (Phi) is 3.26. The Balaban J connectivity index is 2.28. The van der Waals surface area contributed by atoms with E-state index in [4.69, 9.17) is 0 Å². The molecule has 3 heteroatoms. The maximum atomic E-state index is 11.9. The molecule has 68 valence electrons. The van der Waals surface area contributed by atoms with Gasteiger partial charge in [0.25, 0.3) is 0 Å². The van der Waals surface area contributed by atoms with Crippen LogP contribution in [0.4, 0.5) is 4.39 Å². The summed E-state index contributed by atoms with van der Waals surface area (Å²) in [4.78, 5) is 11.1. The summed E-state index contributed by atoms with van der Waals surface area (Å²) in [6.45, 7) is 1.14. The monoisotopic (exact) mass is 171 g/mol. The van der Waals surface area contributed by atoms with Crippen molar-refractivity contribution in [2.45, 2.75) is 32.2 Å². The number of nitrogens with one attached hydrogen (secondary N) is 1. The summed E-state index contributed by atoms with van der Waals surface area (Å²) in [6, 6.07) is -0.366. The van der Waals surface area contributed by atoms with Crippen molar-refractivity contribution < 1.29 is 9.18 Å². The molecule has 0 heterocycles. The van der Waals surface area contributed by atoms with Crippen molar-refractivity contribution in [3.63, 3.8) is 0 Å². The quantitative estimate of drug-likeness (QED) is 0.642. The molecule has 0 aromatic rings. The first kappa shape index (κ1) is 9.23. The lowest BCUT2D eigenvalue weighted by molar-refractivity contribution is -0.117. The average molecular weight is 171 g/mol. The van der Waals surface area contributed by atoms with E-state index in [1.807, 2.05) is 0 Å². The molecule has 0 bridgehead atoms. The molecule has 1 aliphatic carbocycles. The summed E-state index contributed by atoms with van der Waals surface area (Å²) < 4.78 is 11.9. The van der Waals surface area contributed by atoms with Crippen LogP contribution in [-0.4, -0.2) is 18.6 Å². The second-order valence-corrected chi connectivity index (χ2v) is 3.22. The molecular weight excluding hydrogens is 157 g/mol. The van der Waals surface area contributed by atoms with Gasteiger partial charge in [0.2, 0.25) is 5.91 Å². The molecule has 1 rings (SSSR count). The van der Waals surface area contributed by atoms with Crippen molar-refractivity contribution in [1.29, 1.82) is 0 Å². The molecule has 0 saturated heterocycles. The van der Waals surface area contributed by atoms with Gasteiger partial charge in [-0.15, -0.1) is 0 Å². The molecule has 0 radical (unpaired) electrons. The van der Waals surface area contributed by atoms with Crippen LogP contribution in [0.15, 0.2) is 11.6 Å². The van der Waals surface area contributed by atoms with E-state index in [0.717, 1.165) is 12.8 Å². The summed E-state index contributed by atoms with van der Waals surface area (Å²) in [5, 5.41) is 2.54. The van der Waals surface area contributed by atoms with E-state index < -0.39 is 6.67 Å². The van der Waals surface area contributed by atoms with Crippen molar-refractivity contribution in [1.82, 2.24) is 5.32 Å². The first-order valence-electron chi connectivity index (χ1n) is 4.28. The lowest BCUT2D eigenvalue weighted by Crippen LogP contribution is -2.33. The topological polar surface area (TPSA) is 29.1 Å². The first-order valence-corrected chi connectivity index (χ1v) is 4.28. The molecule has 0 aromatic heterocycles. The van der Waals surface area contributed by atoms with Gasteiger partial charge < -0.3 is 5.32 Å². The van der Waals surface area contributed by atoms with E-state index >= 15 is 0 Å². The number of alkyl halides is 1. The lowest BCUT2D eigenvalue weighted by Gasteiger charge is -2.16. The minimum absolute atomic E-state index is 0.158. The lowest BCUT2D eigenvalue weighted by atomic mass is 9.92. The van der Waals surface area contributed by atoms with Gasteiger partial charge in [-0.1, -0.05) is 5.57 Å². The molecule has 1 amide bonds. The van der Waals surface area contributed by atoms with Crippen molar-refractivity contribution in [2.24, 2.45) is 0 Å². The number of amides is 1. The molecule has 1 N–H and O–H groups in total. The Labute approximate surface area is 71.8 Å². The molecule has 1 saturated carbocycles. The summed E-state index contributed by atoms with van der Waals surface area (Å²) in [7, 11) is 0. The van der Waals surface area contributed by atoms with Gasteiger partial charge in [-0.3, -0.25) is 4.79 Å². The zero-order valence-electron chi connectivity index (χ0n) is 7.27. The summed E-state index contributed by atoms with van der Waals surface area (Å²) in [5.74, 6) is -0.158. The van der Waals surface area contributed by atoms with E-state index in [1.165, 1.54) is 12.0 Å². The maximum absolute atomic E-state index is 11.9. The summed E-state index contributed by atoms with van der Waals surface area (Å²) in [6.07, 6.45) is 4.82. The largest absolute Gasteiger partial charge is 0.347 e. The molecule has 1 atom stereocenters. The average Bonchev–Trinajstić information content (AvgIpc) is 1.97. The molecule has 0 spiro atoms. The first-order chi connectivity index (χ1) is 5.72. The fraction of sp³-hybridized carbons (Fsp3) is 0.667. The minimum Gasteiger partial charge on any atom is -0.347 e. The highest BCUT2D eigenvalue weighted by Gasteiger charge is 2.11. The van der Waals surface area contributed by atoms with Crippen molar-refractivity contribution >= 4 is 5.91 Å². The number of hydrogen-bond acceptors (Lipinski definition) is 1. The van der Waals surface area contributed by atoms with E-state index in [9.17, 15) is 9.18 Å². The van der Waals surface area contributed by atoms with Gasteiger partial charge in [-0.25, -0.2) is 4.39 Å². The zero-order valence-corrected chi connectivity index (χ0v) is 7.27. The number of carbonyl (C=O) groups is 1. The van der Waals surface area contributed by atoms with Crippen LogP contribution >= 0.6 is 0 Å². The SMILES string of the molecule is CC(CF)NC(=O)C=C1CCC1. The molecule has 1 unspecified atom stereocenters. The molecule has 2 nitrogen and oxygen atoms in total. The van der Waals surface area contributed by atoms with Crippen LogP contribution < -0.4 is 5.32 Å². The van der Waals surface area contributed by atoms with E-state index in [-0.39, 0.29) is 11.9 Å². The highest BCUT2D eigenvalue weighted by Crippen LogP contribution is 2.24. The molecule has 1 aliphatic rings. The van der Waals surface area contributed by atoms with Crippen LogP contribution in [-0.2, 0) is 4.79 Å². The van der Waals surface area contributed by atoms with Gasteiger partial charge in [-0.05, 0) is 26.2 Å². The second-order valence-electron chi connectivity index (χ2n) is 3.22. The van der Waals surface area contributed by atoms with E-state index in [0.29, 0.717) is 0 Å². The van der Waals surface area contributed by atoms with Gasteiger partial charge in [-0.2, -0.15) is 0 Å². The van der Waals surface area contributed by atoms with Gasteiger partial charge in [0, 0.05) is 6.08 Å². The molecule has 1 fully saturated rings. The van der Waals surface area contributed by atoms with Crippen LogP contribution in [0, 0.1) is 0 Å². The highest BCUT2D eigenvalue weighted by atomic mass is 19.1. The number of allylic oxidation sites excluding steroid dienone is 1. The number of halogens is 1. The third-order valence-electron chi connectivity index (χ3n) is 1.95. The second kappa shape index (κ2) is 4.24. The third kappa shape index (κ3) is 2.64. The van der Waals surface area contributed by atoms with Crippen molar-refractivity contribution in [3.8, 4) is 0 Å². The zero-order chi connectivity index (χ0) is 8.97. The third-order valence-corrected chi connectivity index (χ3v) is 1.95. The van der Waals surface area contributed by atoms with Gasteiger partial charge in [0.1, 0.15) is 6.67 Å². The molecular formula is C9H14FNO. The van der Waals surface area contributed by atoms with E-state index in [2.05, 4.69) is 5.32 Å². The van der Waals surface area contributed by atoms with Crippen LogP contribution in [0.5, 0.6) is 0 Å². The van der Waals surface area contributed by atoms with Crippen LogP contribution in [0.2, 0.25) is 0 Å². The van der Waals surface area contributed by atoms with Gasteiger partial charge in [0.05, 0.1) is 6.04 Å². The van der Waals surface area contributed by atoms with Gasteiger partial charge in [0.15, 0.2) is 0 Å². The van der Waals surface area contributed by atoms with Gasteiger partial charge >= 0.3 is 0 Å². The van der Waals surface area contributed by atoms with Crippen LogP contribution in [0.3, 0.4) is 0 Å². The van der Waals surface area contributed by atoms with Crippen LogP contribution in [0.1, 0.15) is 26.2 Å². The van der Waals surface area contributed by atoms with Crippen LogP contribution in [0.25, 0.3) is 0 Å². The van der Waals surface area contributed by atoms with Crippen molar-refractivity contribution in [2.75, 3.05) is 6.67 Å². The highest BCUT2D eigenvalue weighted by molar-refractivity contribution is 5.88. The Hall–Kier alpha value is -0.860. The summed E-state index contributed by atoms with van der Waals surface area (Å²) in [5.41, 5.74) is 1.18. The molecule has 12 heavy (non-hydrogen) atoms. The normalized spacial score (nSPS) is 18.0. The predicted molar refractivity (Wildman–Crippen MR) is 45.5 cm³/mol. The fourth-order valence-electron chi connectivity index (χ4n) is 1.03. The predicted octanol–water partition coefficient (Wildman–Crippen LogP) is 1.57. The fourth-order valence-corrected chi connectivity index (χ4v) is 1.03. The molecule has 0 aliphatic heterocycles. The summed E-state index contributed by atoms with van der Waals surface area (Å²) >= 11 is 0. The Morgan fingerprint density at radius 1 is 1.75 bits per heavy atom. The number of hydrogen-bond donors (Lipinski definition) is 1. The Morgan fingerprint density at radius 3 is 2.83 bits per heavy atom. The standard InChI is InChI=1S/C9H14FNO/c1-7(6-10)11-9(12)5-8-3-2-4-8/h5,7H,2-4,6H2,1H3,(H,11,12). The minimum atomic E-state index is -0.505. The number of carbonyl (C=O) groups excluding carboxylic acids is 1. The molecule has 0 aromatic carbocycles. The Morgan fingerprint density at radius 2 is 2.42 bits per heavy atom. The van der Waals surface area contributed by atoms with Crippen molar-refractivity contribution in [3.05, 3.63) is 11.6 Å². The maximum Gasteiger partial charge on any atom is 0.244 e. The Bertz CT molecular complexity index is 195. The smallest absolute Gasteiger partial charge is 0.244 e. The number of rotatable bonds is 3. The van der Waals surface area contributed by atoms with E-state index in [1.54, 1.807) is 13.0 Å².